The maximum Gasteiger partial charge on any atom is 0.407 e. The molecule has 126 valence electrons. The number of ether oxygens (including phenoxy) is 2. The first-order chi connectivity index (χ1) is 10.2. The number of alkyl carbamates (subject to hydrolysis) is 1. The van der Waals surface area contributed by atoms with Crippen molar-refractivity contribution in [1.82, 2.24) is 10.6 Å². The molecule has 1 rings (SSSR count). The van der Waals surface area contributed by atoms with Crippen molar-refractivity contribution in [1.29, 1.82) is 0 Å². The monoisotopic (exact) mass is 316 g/mol. The van der Waals surface area contributed by atoms with Crippen LogP contribution in [0.4, 0.5) is 4.79 Å². The Hall–Kier alpha value is -1.83. The number of hydrogen-bond acceptors (Lipinski definition) is 5. The average Bonchev–Trinajstić information content (AvgIpc) is 2.85. The molecule has 0 saturated carbocycles. The molecule has 0 aromatic rings. The molecule has 1 heterocycles. The number of rotatable bonds is 6. The molecule has 8 nitrogen and oxygen atoms in total. The molecule has 1 saturated heterocycles. The van der Waals surface area contributed by atoms with E-state index in [4.69, 9.17) is 14.6 Å². The summed E-state index contributed by atoms with van der Waals surface area (Å²) in [6, 6.07) is 0. The molecule has 0 aliphatic carbocycles. The number of hydrogen-bond donors (Lipinski definition) is 3. The summed E-state index contributed by atoms with van der Waals surface area (Å²) in [5.74, 6) is -1.36. The van der Waals surface area contributed by atoms with Crippen molar-refractivity contribution in [3.8, 4) is 0 Å². The van der Waals surface area contributed by atoms with E-state index in [0.29, 0.717) is 32.4 Å². The lowest BCUT2D eigenvalue weighted by Gasteiger charge is -2.19. The zero-order valence-corrected chi connectivity index (χ0v) is 13.2. The summed E-state index contributed by atoms with van der Waals surface area (Å²) in [4.78, 5) is 33.8. The molecule has 1 fully saturated rings. The Bertz CT molecular complexity index is 418. The summed E-state index contributed by atoms with van der Waals surface area (Å²) in [6.07, 6.45) is -0.820. The largest absolute Gasteiger partial charge is 0.479 e. The Morgan fingerprint density at radius 2 is 1.73 bits per heavy atom. The lowest BCUT2D eigenvalue weighted by molar-refractivity contribution is -0.151. The van der Waals surface area contributed by atoms with E-state index >= 15 is 0 Å². The molecule has 2 unspecified atom stereocenters. The molecule has 2 amide bonds. The van der Waals surface area contributed by atoms with Gasteiger partial charge in [-0.15, -0.1) is 0 Å². The van der Waals surface area contributed by atoms with Crippen LogP contribution in [0.25, 0.3) is 0 Å². The third kappa shape index (κ3) is 6.75. The average molecular weight is 316 g/mol. The lowest BCUT2D eigenvalue weighted by Crippen LogP contribution is -2.38. The Morgan fingerprint density at radius 3 is 2.27 bits per heavy atom. The number of carbonyl (C=O) groups is 3. The molecular weight excluding hydrogens is 292 g/mol. The van der Waals surface area contributed by atoms with Crippen molar-refractivity contribution in [2.24, 2.45) is 0 Å². The van der Waals surface area contributed by atoms with Crippen LogP contribution in [0.1, 0.15) is 40.0 Å². The van der Waals surface area contributed by atoms with Crippen LogP contribution >= 0.6 is 0 Å². The van der Waals surface area contributed by atoms with Crippen LogP contribution in [-0.4, -0.2) is 54.0 Å². The van der Waals surface area contributed by atoms with Gasteiger partial charge in [0.25, 0.3) is 0 Å². The lowest BCUT2D eigenvalue weighted by atomic mass is 10.2. The normalized spacial score (nSPS) is 21.2. The third-order valence-electron chi connectivity index (χ3n) is 2.91. The van der Waals surface area contributed by atoms with Gasteiger partial charge in [0.2, 0.25) is 5.91 Å². The Balaban J connectivity index is 2.11. The number of nitrogens with one attached hydrogen (secondary N) is 2. The first kappa shape index (κ1) is 18.2. The van der Waals surface area contributed by atoms with Gasteiger partial charge in [-0.2, -0.15) is 0 Å². The van der Waals surface area contributed by atoms with Crippen molar-refractivity contribution in [3.05, 3.63) is 0 Å². The van der Waals surface area contributed by atoms with Crippen LogP contribution in [0, 0.1) is 0 Å². The minimum absolute atomic E-state index is 0.319. The first-order valence-electron chi connectivity index (χ1n) is 7.32. The number of aliphatic carboxylic acids is 1. The molecular formula is C14H24N2O6. The van der Waals surface area contributed by atoms with E-state index in [1.165, 1.54) is 0 Å². The fourth-order valence-electron chi connectivity index (χ4n) is 1.93. The molecule has 0 radical (unpaired) electrons. The highest BCUT2D eigenvalue weighted by Gasteiger charge is 2.34. The predicted molar refractivity (Wildman–Crippen MR) is 77.4 cm³/mol. The van der Waals surface area contributed by atoms with E-state index in [1.807, 2.05) is 0 Å². The number of carboxylic acids is 1. The number of carbonyl (C=O) groups excluding carboxylic acids is 2. The zero-order chi connectivity index (χ0) is 16.8. The SMILES string of the molecule is CC(C)(C)OC(=O)NCCCNC(=O)C1CCC(C(=O)O)O1. The topological polar surface area (TPSA) is 114 Å². The molecule has 3 N–H and O–H groups in total. The summed E-state index contributed by atoms with van der Waals surface area (Å²) in [5.41, 5.74) is -0.543. The van der Waals surface area contributed by atoms with Crippen LogP contribution in [0.15, 0.2) is 0 Å². The van der Waals surface area contributed by atoms with Crippen LogP contribution in [0.3, 0.4) is 0 Å². The van der Waals surface area contributed by atoms with Gasteiger partial charge in [-0.05, 0) is 40.0 Å². The summed E-state index contributed by atoms with van der Waals surface area (Å²) in [6.45, 7) is 6.07. The van der Waals surface area contributed by atoms with E-state index in [0.717, 1.165) is 0 Å². The highest BCUT2D eigenvalue weighted by Crippen LogP contribution is 2.19. The van der Waals surface area contributed by atoms with Gasteiger partial charge in [-0.3, -0.25) is 4.79 Å². The molecule has 0 bridgehead atoms. The zero-order valence-electron chi connectivity index (χ0n) is 13.2. The van der Waals surface area contributed by atoms with E-state index in [-0.39, 0.29) is 5.91 Å². The van der Waals surface area contributed by atoms with E-state index in [9.17, 15) is 14.4 Å². The highest BCUT2D eigenvalue weighted by atomic mass is 16.6. The second kappa shape index (κ2) is 7.98. The second-order valence-electron chi connectivity index (χ2n) is 6.10. The summed E-state index contributed by atoms with van der Waals surface area (Å²) in [7, 11) is 0. The molecule has 0 aromatic heterocycles. The maximum absolute atomic E-state index is 11.8. The Kier molecular flexibility index (Phi) is 6.61. The van der Waals surface area contributed by atoms with Gasteiger partial charge in [0.15, 0.2) is 6.10 Å². The molecule has 1 aliphatic rings. The van der Waals surface area contributed by atoms with Crippen LogP contribution in [0.5, 0.6) is 0 Å². The molecule has 2 atom stereocenters. The number of amides is 2. The van der Waals surface area contributed by atoms with Gasteiger partial charge in [0, 0.05) is 13.1 Å². The maximum atomic E-state index is 11.8. The van der Waals surface area contributed by atoms with Crippen molar-refractivity contribution >= 4 is 18.0 Å². The molecule has 0 aromatic carbocycles. The summed E-state index contributed by atoms with van der Waals surface area (Å²) >= 11 is 0. The van der Waals surface area contributed by atoms with E-state index in [2.05, 4.69) is 10.6 Å². The Labute approximate surface area is 129 Å². The van der Waals surface area contributed by atoms with Crippen molar-refractivity contribution < 1.29 is 29.0 Å². The van der Waals surface area contributed by atoms with Crippen LogP contribution in [0.2, 0.25) is 0 Å². The molecule has 8 heteroatoms. The fraction of sp³-hybridized carbons (Fsp3) is 0.786. The van der Waals surface area contributed by atoms with E-state index in [1.54, 1.807) is 20.8 Å². The standard InChI is InChI=1S/C14H24N2O6/c1-14(2,3)22-13(20)16-8-4-7-15-11(17)9-5-6-10(21-9)12(18)19/h9-10H,4-8H2,1-3H3,(H,15,17)(H,16,20)(H,18,19). The third-order valence-corrected chi connectivity index (χ3v) is 2.91. The highest BCUT2D eigenvalue weighted by molar-refractivity contribution is 5.82. The predicted octanol–water partition coefficient (Wildman–Crippen LogP) is 0.650. The summed E-state index contributed by atoms with van der Waals surface area (Å²) in [5, 5.41) is 14.0. The first-order valence-corrected chi connectivity index (χ1v) is 7.32. The van der Waals surface area contributed by atoms with Gasteiger partial charge < -0.3 is 25.2 Å². The number of carboxylic acid groups (broad SMARTS) is 1. The summed E-state index contributed by atoms with van der Waals surface area (Å²) < 4.78 is 10.2. The Morgan fingerprint density at radius 1 is 1.14 bits per heavy atom. The minimum atomic E-state index is -1.04. The fourth-order valence-corrected chi connectivity index (χ4v) is 1.93. The van der Waals surface area contributed by atoms with Gasteiger partial charge in [0.05, 0.1) is 0 Å². The van der Waals surface area contributed by atoms with Gasteiger partial charge in [0.1, 0.15) is 11.7 Å². The van der Waals surface area contributed by atoms with Crippen molar-refractivity contribution in [2.75, 3.05) is 13.1 Å². The van der Waals surface area contributed by atoms with E-state index < -0.39 is 29.9 Å². The smallest absolute Gasteiger partial charge is 0.407 e. The van der Waals surface area contributed by atoms with Crippen molar-refractivity contribution in [3.63, 3.8) is 0 Å². The van der Waals surface area contributed by atoms with Gasteiger partial charge in [-0.25, -0.2) is 9.59 Å². The van der Waals surface area contributed by atoms with Crippen LogP contribution < -0.4 is 10.6 Å². The minimum Gasteiger partial charge on any atom is -0.479 e. The molecule has 1 aliphatic heterocycles. The second-order valence-corrected chi connectivity index (χ2v) is 6.10. The van der Waals surface area contributed by atoms with Crippen molar-refractivity contribution in [2.45, 2.75) is 57.8 Å². The molecule has 22 heavy (non-hydrogen) atoms. The van der Waals surface area contributed by atoms with Gasteiger partial charge >= 0.3 is 12.1 Å². The quantitative estimate of drug-likeness (QED) is 0.620. The van der Waals surface area contributed by atoms with Gasteiger partial charge in [-0.1, -0.05) is 0 Å². The molecule has 0 spiro atoms. The van der Waals surface area contributed by atoms with Crippen LogP contribution in [-0.2, 0) is 19.1 Å².